The van der Waals surface area contributed by atoms with Crippen molar-refractivity contribution in [3.05, 3.63) is 90.0 Å². The highest BCUT2D eigenvalue weighted by Crippen LogP contribution is 2.51. The summed E-state index contributed by atoms with van der Waals surface area (Å²) >= 11 is 0. The van der Waals surface area contributed by atoms with Crippen molar-refractivity contribution in [3.8, 4) is 5.75 Å². The van der Waals surface area contributed by atoms with Crippen LogP contribution in [-0.4, -0.2) is 50.8 Å². The minimum absolute atomic E-state index is 0.0804. The van der Waals surface area contributed by atoms with Gasteiger partial charge in [0.2, 0.25) is 0 Å². The number of ether oxygens (including phenoxy) is 1. The molecule has 0 aliphatic carbocycles. The maximum absolute atomic E-state index is 5.81. The van der Waals surface area contributed by atoms with Crippen LogP contribution in [-0.2, 0) is 0 Å². The molecule has 0 saturated carbocycles. The lowest BCUT2D eigenvalue weighted by molar-refractivity contribution is -0.0401. The molecular formula is C30H37N3O. The normalized spacial score (nSPS) is 25.9. The molecule has 6 rings (SSSR count). The highest BCUT2D eigenvalue weighted by molar-refractivity contribution is 5.66. The van der Waals surface area contributed by atoms with Crippen LogP contribution in [0.1, 0.15) is 36.8 Å². The van der Waals surface area contributed by atoms with E-state index in [1.165, 1.54) is 29.7 Å². The number of piperidine rings is 3. The number of fused-ring (bicyclic) bond motifs is 3. The van der Waals surface area contributed by atoms with E-state index in [1.54, 1.807) is 7.11 Å². The molecule has 0 aromatic heterocycles. The zero-order valence-electron chi connectivity index (χ0n) is 20.9. The van der Waals surface area contributed by atoms with Gasteiger partial charge in [-0.3, -0.25) is 4.90 Å². The topological polar surface area (TPSA) is 27.7 Å². The first-order valence-electron chi connectivity index (χ1n) is 12.5. The van der Waals surface area contributed by atoms with Gasteiger partial charge in [-0.1, -0.05) is 60.7 Å². The largest absolute Gasteiger partial charge is 0.495 e. The fourth-order valence-corrected chi connectivity index (χ4v) is 6.43. The van der Waals surface area contributed by atoms with Crippen LogP contribution in [0.4, 0.5) is 11.4 Å². The van der Waals surface area contributed by atoms with E-state index in [-0.39, 0.29) is 11.5 Å². The van der Waals surface area contributed by atoms with Crippen LogP contribution in [0.25, 0.3) is 0 Å². The molecule has 3 aliphatic heterocycles. The minimum atomic E-state index is -0.0804. The van der Waals surface area contributed by atoms with E-state index < -0.39 is 0 Å². The van der Waals surface area contributed by atoms with Gasteiger partial charge in [0.15, 0.2) is 0 Å². The van der Waals surface area contributed by atoms with Gasteiger partial charge in [0.25, 0.3) is 0 Å². The van der Waals surface area contributed by atoms with E-state index in [9.17, 15) is 0 Å². The number of anilines is 2. The summed E-state index contributed by atoms with van der Waals surface area (Å²) in [6, 6.07) is 28.9. The Kier molecular flexibility index (Phi) is 6.26. The summed E-state index contributed by atoms with van der Waals surface area (Å²) in [5.74, 6) is 1.79. The van der Waals surface area contributed by atoms with Gasteiger partial charge in [0.1, 0.15) is 5.75 Å². The molecule has 3 aromatic rings. The fourth-order valence-electron chi connectivity index (χ4n) is 6.43. The van der Waals surface area contributed by atoms with Crippen LogP contribution >= 0.6 is 0 Å². The van der Waals surface area contributed by atoms with E-state index in [0.29, 0.717) is 12.0 Å². The van der Waals surface area contributed by atoms with E-state index in [0.717, 1.165) is 24.5 Å². The van der Waals surface area contributed by atoms with Crippen molar-refractivity contribution in [1.29, 1.82) is 0 Å². The smallest absolute Gasteiger partial charge is 0.142 e. The van der Waals surface area contributed by atoms with Gasteiger partial charge in [-0.05, 0) is 68.1 Å². The average Bonchev–Trinajstić information content (AvgIpc) is 2.88. The van der Waals surface area contributed by atoms with Crippen LogP contribution in [0.3, 0.4) is 0 Å². The maximum atomic E-state index is 5.81. The van der Waals surface area contributed by atoms with E-state index in [1.807, 2.05) is 0 Å². The summed E-state index contributed by atoms with van der Waals surface area (Å²) in [7, 11) is 5.94. The molecule has 0 spiro atoms. The van der Waals surface area contributed by atoms with Crippen LogP contribution in [0.5, 0.6) is 5.75 Å². The number of rotatable bonds is 7. The molecule has 2 bridgehead atoms. The summed E-state index contributed by atoms with van der Waals surface area (Å²) in [4.78, 5) is 4.90. The van der Waals surface area contributed by atoms with Crippen LogP contribution in [0, 0.1) is 5.92 Å². The van der Waals surface area contributed by atoms with Gasteiger partial charge in [-0.25, -0.2) is 0 Å². The second-order valence-corrected chi connectivity index (χ2v) is 10.2. The van der Waals surface area contributed by atoms with Crippen molar-refractivity contribution in [2.24, 2.45) is 5.92 Å². The Morgan fingerprint density at radius 3 is 2.03 bits per heavy atom. The molecular weight excluding hydrogens is 418 g/mol. The molecule has 4 heteroatoms. The fraction of sp³-hybridized carbons (Fsp3) is 0.400. The van der Waals surface area contributed by atoms with E-state index >= 15 is 0 Å². The lowest BCUT2D eigenvalue weighted by Gasteiger charge is -2.61. The van der Waals surface area contributed by atoms with E-state index in [2.05, 4.69) is 115 Å². The molecule has 2 unspecified atom stereocenters. The Balaban J connectivity index is 1.63. The Morgan fingerprint density at radius 1 is 0.912 bits per heavy atom. The predicted octanol–water partition coefficient (Wildman–Crippen LogP) is 5.86. The molecule has 178 valence electrons. The van der Waals surface area contributed by atoms with Crippen molar-refractivity contribution < 1.29 is 4.74 Å². The van der Waals surface area contributed by atoms with Gasteiger partial charge in [0, 0.05) is 37.3 Å². The highest BCUT2D eigenvalue weighted by atomic mass is 16.5. The predicted molar refractivity (Wildman–Crippen MR) is 142 cm³/mol. The second kappa shape index (κ2) is 9.34. The average molecular weight is 456 g/mol. The molecule has 3 aromatic carbocycles. The number of hydrogen-bond donors (Lipinski definition) is 1. The van der Waals surface area contributed by atoms with Gasteiger partial charge < -0.3 is 15.0 Å². The summed E-state index contributed by atoms with van der Waals surface area (Å²) in [5, 5.41) is 4.04. The number of nitrogens with zero attached hydrogens (tertiary/aromatic N) is 2. The quantitative estimate of drug-likeness (QED) is 0.483. The molecule has 3 heterocycles. The molecule has 34 heavy (non-hydrogen) atoms. The maximum Gasteiger partial charge on any atom is 0.142 e. The number of nitrogens with one attached hydrogen (secondary N) is 1. The Labute approximate surface area is 204 Å². The van der Waals surface area contributed by atoms with Crippen molar-refractivity contribution in [2.45, 2.75) is 37.3 Å². The number of methoxy groups -OCH3 is 1. The lowest BCUT2D eigenvalue weighted by Crippen LogP contribution is -2.70. The summed E-state index contributed by atoms with van der Waals surface area (Å²) in [5.41, 5.74) is 4.94. The van der Waals surface area contributed by atoms with Crippen LogP contribution in [0.2, 0.25) is 0 Å². The van der Waals surface area contributed by atoms with Crippen molar-refractivity contribution in [1.82, 2.24) is 4.90 Å². The summed E-state index contributed by atoms with van der Waals surface area (Å²) in [6.07, 6.45) is 2.47. The van der Waals surface area contributed by atoms with Crippen molar-refractivity contribution >= 4 is 11.4 Å². The Hall–Kier alpha value is -2.98. The van der Waals surface area contributed by atoms with Crippen LogP contribution < -0.4 is 15.0 Å². The monoisotopic (exact) mass is 455 g/mol. The minimum Gasteiger partial charge on any atom is -0.495 e. The number of benzene rings is 3. The molecule has 3 fully saturated rings. The standard InChI is InChI=1S/C30H37N3O/c1-30(28(22-11-7-5-8-12-22)23-13-9-6-10-14-23)29(24-17-19-33(30)20-18-24)31-26-21-25(32(2)3)15-16-27(26)34-4/h5-16,21,24,28-29,31H,17-20H2,1-4H3. The van der Waals surface area contributed by atoms with Gasteiger partial charge in [0.05, 0.1) is 12.8 Å². The Morgan fingerprint density at radius 2 is 1.50 bits per heavy atom. The van der Waals surface area contributed by atoms with Crippen molar-refractivity contribution in [2.75, 3.05) is 44.5 Å². The molecule has 1 N–H and O–H groups in total. The molecule has 0 amide bonds. The Bertz CT molecular complexity index is 1050. The molecule has 4 nitrogen and oxygen atoms in total. The third-order valence-electron chi connectivity index (χ3n) is 8.18. The lowest BCUT2D eigenvalue weighted by atomic mass is 9.62. The second-order valence-electron chi connectivity index (χ2n) is 10.2. The first-order valence-corrected chi connectivity index (χ1v) is 12.5. The van der Waals surface area contributed by atoms with Crippen LogP contribution in [0.15, 0.2) is 78.9 Å². The zero-order chi connectivity index (χ0) is 23.7. The summed E-state index contributed by atoms with van der Waals surface area (Å²) in [6.45, 7) is 4.80. The highest BCUT2D eigenvalue weighted by Gasteiger charge is 2.55. The third kappa shape index (κ3) is 3.94. The molecule has 3 saturated heterocycles. The molecule has 2 atom stereocenters. The van der Waals surface area contributed by atoms with E-state index in [4.69, 9.17) is 4.74 Å². The SMILES string of the molecule is COc1ccc(N(C)C)cc1NC1C2CCN(CC2)C1(C)C(c1ccccc1)c1ccccc1. The first kappa shape index (κ1) is 22.8. The van der Waals surface area contributed by atoms with Gasteiger partial charge in [-0.2, -0.15) is 0 Å². The third-order valence-corrected chi connectivity index (χ3v) is 8.18. The van der Waals surface area contributed by atoms with Crippen molar-refractivity contribution in [3.63, 3.8) is 0 Å². The zero-order valence-corrected chi connectivity index (χ0v) is 20.9. The summed E-state index contributed by atoms with van der Waals surface area (Å²) < 4.78 is 5.81. The van der Waals surface area contributed by atoms with Gasteiger partial charge >= 0.3 is 0 Å². The van der Waals surface area contributed by atoms with Gasteiger partial charge in [-0.15, -0.1) is 0 Å². The first-order chi connectivity index (χ1) is 16.5. The molecule has 0 radical (unpaired) electrons. The number of hydrogen-bond acceptors (Lipinski definition) is 4. The molecule has 3 aliphatic rings.